The number of nitro groups is 1. The highest BCUT2D eigenvalue weighted by molar-refractivity contribution is 5.52. The molecule has 1 heterocycles. The van der Waals surface area contributed by atoms with Crippen molar-refractivity contribution in [2.75, 3.05) is 18.5 Å². The number of rotatable bonds is 5. The Balaban J connectivity index is 2.16. The van der Waals surface area contributed by atoms with Gasteiger partial charge in [-0.25, -0.2) is 0 Å². The summed E-state index contributed by atoms with van der Waals surface area (Å²) in [5.41, 5.74) is 2.02. The maximum atomic E-state index is 10.8. The van der Waals surface area contributed by atoms with Gasteiger partial charge in [-0.3, -0.25) is 10.1 Å². The van der Waals surface area contributed by atoms with E-state index in [9.17, 15) is 15.2 Å². The standard InChI is InChI=1S/C14H17N3O4/c1-9-14(10(2)21-15-9)16(3)8-13(18)11-5-4-6-12(7-11)17(19)20/h4-7,13,18H,8H2,1-3H3. The Hall–Kier alpha value is -2.41. The van der Waals surface area contributed by atoms with E-state index in [0.717, 1.165) is 11.4 Å². The second-order valence-corrected chi connectivity index (χ2v) is 4.92. The van der Waals surface area contributed by atoms with Gasteiger partial charge < -0.3 is 14.5 Å². The molecule has 1 unspecified atom stereocenters. The fourth-order valence-corrected chi connectivity index (χ4v) is 2.32. The van der Waals surface area contributed by atoms with Crippen LogP contribution < -0.4 is 4.90 Å². The van der Waals surface area contributed by atoms with Crippen LogP contribution in [-0.2, 0) is 0 Å². The number of hydrogen-bond acceptors (Lipinski definition) is 6. The first-order valence-electron chi connectivity index (χ1n) is 6.46. The number of likely N-dealkylation sites (N-methyl/N-ethyl adjacent to an activating group) is 1. The summed E-state index contributed by atoms with van der Waals surface area (Å²) in [6.07, 6.45) is -0.844. The summed E-state index contributed by atoms with van der Waals surface area (Å²) < 4.78 is 5.09. The number of aliphatic hydroxyl groups excluding tert-OH is 1. The molecule has 0 aliphatic heterocycles. The lowest BCUT2D eigenvalue weighted by Crippen LogP contribution is -2.25. The molecule has 0 bridgehead atoms. The van der Waals surface area contributed by atoms with Crippen LogP contribution in [-0.4, -0.2) is 28.8 Å². The first-order chi connectivity index (χ1) is 9.90. The second-order valence-electron chi connectivity index (χ2n) is 4.92. The molecular formula is C14H17N3O4. The van der Waals surface area contributed by atoms with Crippen molar-refractivity contribution in [3.8, 4) is 0 Å². The number of anilines is 1. The summed E-state index contributed by atoms with van der Waals surface area (Å²) in [6.45, 7) is 3.90. The van der Waals surface area contributed by atoms with Crippen LogP contribution in [0.25, 0.3) is 0 Å². The Morgan fingerprint density at radius 3 is 2.76 bits per heavy atom. The van der Waals surface area contributed by atoms with E-state index in [-0.39, 0.29) is 12.2 Å². The van der Waals surface area contributed by atoms with Gasteiger partial charge in [-0.05, 0) is 19.4 Å². The highest BCUT2D eigenvalue weighted by Crippen LogP contribution is 2.26. The quantitative estimate of drug-likeness (QED) is 0.671. The lowest BCUT2D eigenvalue weighted by atomic mass is 10.1. The molecule has 1 atom stereocenters. The lowest BCUT2D eigenvalue weighted by molar-refractivity contribution is -0.385. The van der Waals surface area contributed by atoms with Gasteiger partial charge >= 0.3 is 0 Å². The van der Waals surface area contributed by atoms with E-state index in [1.54, 1.807) is 19.1 Å². The summed E-state index contributed by atoms with van der Waals surface area (Å²) in [6, 6.07) is 6.01. The van der Waals surface area contributed by atoms with E-state index in [2.05, 4.69) is 5.16 Å². The maximum absolute atomic E-state index is 10.8. The summed E-state index contributed by atoms with van der Waals surface area (Å²) >= 11 is 0. The Labute approximate surface area is 121 Å². The van der Waals surface area contributed by atoms with Crippen LogP contribution in [0.3, 0.4) is 0 Å². The van der Waals surface area contributed by atoms with Crippen LogP contribution in [0.2, 0.25) is 0 Å². The summed E-state index contributed by atoms with van der Waals surface area (Å²) in [5, 5.41) is 24.9. The number of aliphatic hydroxyl groups is 1. The predicted molar refractivity (Wildman–Crippen MR) is 77.3 cm³/mol. The first kappa shape index (κ1) is 15.0. The average Bonchev–Trinajstić information content (AvgIpc) is 2.78. The van der Waals surface area contributed by atoms with Crippen molar-refractivity contribution < 1.29 is 14.6 Å². The fourth-order valence-electron chi connectivity index (χ4n) is 2.32. The van der Waals surface area contributed by atoms with Crippen LogP contribution in [0.1, 0.15) is 23.1 Å². The van der Waals surface area contributed by atoms with E-state index in [0.29, 0.717) is 11.3 Å². The Kier molecular flexibility index (Phi) is 4.23. The Morgan fingerprint density at radius 1 is 1.48 bits per heavy atom. The first-order valence-corrected chi connectivity index (χ1v) is 6.46. The number of hydrogen-bond donors (Lipinski definition) is 1. The molecule has 0 radical (unpaired) electrons. The zero-order valence-corrected chi connectivity index (χ0v) is 12.1. The van der Waals surface area contributed by atoms with Crippen molar-refractivity contribution in [3.63, 3.8) is 0 Å². The Bertz CT molecular complexity index is 634. The zero-order valence-electron chi connectivity index (χ0n) is 12.1. The summed E-state index contributed by atoms with van der Waals surface area (Å²) in [5.74, 6) is 0.668. The van der Waals surface area contributed by atoms with Crippen molar-refractivity contribution in [1.29, 1.82) is 0 Å². The molecule has 7 heteroatoms. The van der Waals surface area contributed by atoms with E-state index in [1.807, 2.05) is 18.9 Å². The number of aromatic nitrogens is 1. The number of aryl methyl sites for hydroxylation is 2. The topological polar surface area (TPSA) is 92.6 Å². The van der Waals surface area contributed by atoms with Gasteiger partial charge in [-0.2, -0.15) is 0 Å². The molecule has 1 N–H and O–H groups in total. The van der Waals surface area contributed by atoms with Crippen LogP contribution in [0, 0.1) is 24.0 Å². The van der Waals surface area contributed by atoms with Crippen LogP contribution in [0.4, 0.5) is 11.4 Å². The van der Waals surface area contributed by atoms with E-state index < -0.39 is 11.0 Å². The highest BCUT2D eigenvalue weighted by atomic mass is 16.6. The molecule has 0 aliphatic rings. The van der Waals surface area contributed by atoms with Gasteiger partial charge in [0.05, 0.1) is 11.0 Å². The Morgan fingerprint density at radius 2 is 2.19 bits per heavy atom. The SMILES string of the molecule is Cc1noc(C)c1N(C)CC(O)c1cccc([N+](=O)[O-])c1. The molecule has 112 valence electrons. The van der Waals surface area contributed by atoms with Crippen LogP contribution in [0.15, 0.2) is 28.8 Å². The van der Waals surface area contributed by atoms with Gasteiger partial charge in [-0.15, -0.1) is 0 Å². The second kappa shape index (κ2) is 5.92. The van der Waals surface area contributed by atoms with Gasteiger partial charge in [0, 0.05) is 25.7 Å². The molecule has 0 saturated carbocycles. The van der Waals surface area contributed by atoms with Crippen molar-refractivity contribution in [3.05, 3.63) is 51.4 Å². The average molecular weight is 291 g/mol. The van der Waals surface area contributed by atoms with Crippen molar-refractivity contribution in [2.24, 2.45) is 0 Å². The molecule has 7 nitrogen and oxygen atoms in total. The van der Waals surface area contributed by atoms with E-state index >= 15 is 0 Å². The molecule has 2 aromatic rings. The normalized spacial score (nSPS) is 12.2. The molecule has 0 spiro atoms. The minimum absolute atomic E-state index is 0.0356. The largest absolute Gasteiger partial charge is 0.387 e. The molecule has 0 saturated heterocycles. The molecule has 1 aromatic carbocycles. The van der Waals surface area contributed by atoms with Gasteiger partial charge in [-0.1, -0.05) is 17.3 Å². The van der Waals surface area contributed by atoms with Crippen molar-refractivity contribution >= 4 is 11.4 Å². The van der Waals surface area contributed by atoms with Gasteiger partial charge in [0.15, 0.2) is 5.76 Å². The minimum Gasteiger partial charge on any atom is -0.387 e. The molecule has 1 aromatic heterocycles. The van der Waals surface area contributed by atoms with E-state index in [1.165, 1.54) is 12.1 Å². The summed E-state index contributed by atoms with van der Waals surface area (Å²) in [4.78, 5) is 12.1. The zero-order chi connectivity index (χ0) is 15.6. The van der Waals surface area contributed by atoms with E-state index in [4.69, 9.17) is 4.52 Å². The number of nitrogens with zero attached hydrogens (tertiary/aromatic N) is 3. The van der Waals surface area contributed by atoms with Gasteiger partial charge in [0.25, 0.3) is 5.69 Å². The van der Waals surface area contributed by atoms with Crippen molar-refractivity contribution in [1.82, 2.24) is 5.16 Å². The molecule has 2 rings (SSSR count). The van der Waals surface area contributed by atoms with Gasteiger partial charge in [0.1, 0.15) is 11.4 Å². The molecule has 0 fully saturated rings. The monoisotopic (exact) mass is 291 g/mol. The number of nitro benzene ring substituents is 1. The molecular weight excluding hydrogens is 274 g/mol. The van der Waals surface area contributed by atoms with Crippen LogP contribution in [0.5, 0.6) is 0 Å². The third-order valence-corrected chi connectivity index (χ3v) is 3.29. The van der Waals surface area contributed by atoms with Crippen molar-refractivity contribution in [2.45, 2.75) is 20.0 Å². The van der Waals surface area contributed by atoms with Crippen LogP contribution >= 0.6 is 0 Å². The molecule has 21 heavy (non-hydrogen) atoms. The maximum Gasteiger partial charge on any atom is 0.269 e. The number of non-ortho nitro benzene ring substituents is 1. The third-order valence-electron chi connectivity index (χ3n) is 3.29. The smallest absolute Gasteiger partial charge is 0.269 e. The lowest BCUT2D eigenvalue weighted by Gasteiger charge is -2.22. The minimum atomic E-state index is -0.844. The summed E-state index contributed by atoms with van der Waals surface area (Å²) in [7, 11) is 1.81. The highest BCUT2D eigenvalue weighted by Gasteiger charge is 2.18. The number of benzene rings is 1. The molecule has 0 amide bonds. The fraction of sp³-hybridized carbons (Fsp3) is 0.357. The predicted octanol–water partition coefficient (Wildman–Crippen LogP) is 2.37. The van der Waals surface area contributed by atoms with Gasteiger partial charge in [0.2, 0.25) is 0 Å². The third kappa shape index (κ3) is 3.19. The molecule has 0 aliphatic carbocycles.